The Hall–Kier alpha value is -1.62. The molecule has 0 amide bonds. The van der Waals surface area contributed by atoms with E-state index in [0.717, 1.165) is 0 Å². The molecule has 1 aromatic rings. The summed E-state index contributed by atoms with van der Waals surface area (Å²) in [5, 5.41) is 0. The molecule has 0 aliphatic rings. The van der Waals surface area contributed by atoms with Crippen LogP contribution in [0.1, 0.15) is 23.2 Å². The van der Waals surface area contributed by atoms with Crippen LogP contribution in [0, 0.1) is 0 Å². The molecular weight excluding hydrogens is 238 g/mol. The standard InChI is InChI=1S/C12H15NO3S/c1-15-10-5-3-8(7-11(10)16-2)9(14)4-6-12(13)17/h3,5,7H,4,6H2,1-2H3,(H2,13,17). The van der Waals surface area contributed by atoms with Gasteiger partial charge in [0.05, 0.1) is 19.2 Å². The van der Waals surface area contributed by atoms with Gasteiger partial charge in [-0.15, -0.1) is 0 Å². The zero-order valence-electron chi connectivity index (χ0n) is 9.86. The number of carbonyl (C=O) groups excluding carboxylic acids is 1. The largest absolute Gasteiger partial charge is 0.493 e. The maximum absolute atomic E-state index is 11.8. The quantitative estimate of drug-likeness (QED) is 0.620. The van der Waals surface area contributed by atoms with Crippen LogP contribution in [-0.4, -0.2) is 25.0 Å². The number of hydrogen-bond acceptors (Lipinski definition) is 4. The van der Waals surface area contributed by atoms with Crippen molar-refractivity contribution in [2.24, 2.45) is 5.73 Å². The third-order valence-electron chi connectivity index (χ3n) is 2.30. The summed E-state index contributed by atoms with van der Waals surface area (Å²) < 4.78 is 10.2. The van der Waals surface area contributed by atoms with E-state index in [2.05, 4.69) is 0 Å². The SMILES string of the molecule is COc1ccc(C(=O)CCC(N)=S)cc1OC. The van der Waals surface area contributed by atoms with E-state index in [1.807, 2.05) is 0 Å². The average Bonchev–Trinajstić information content (AvgIpc) is 2.34. The fourth-order valence-electron chi connectivity index (χ4n) is 1.39. The third-order valence-corrected chi connectivity index (χ3v) is 2.51. The summed E-state index contributed by atoms with van der Waals surface area (Å²) in [6.45, 7) is 0. The monoisotopic (exact) mass is 253 g/mol. The predicted molar refractivity (Wildman–Crippen MR) is 69.9 cm³/mol. The fraction of sp³-hybridized carbons (Fsp3) is 0.333. The van der Waals surface area contributed by atoms with Gasteiger partial charge in [-0.2, -0.15) is 0 Å². The summed E-state index contributed by atoms with van der Waals surface area (Å²) in [4.78, 5) is 12.2. The van der Waals surface area contributed by atoms with Crippen LogP contribution in [0.2, 0.25) is 0 Å². The number of Topliss-reactive ketones (excluding diaryl/α,β-unsaturated/α-hetero) is 1. The van der Waals surface area contributed by atoms with Gasteiger partial charge in [0.2, 0.25) is 0 Å². The molecule has 0 spiro atoms. The van der Waals surface area contributed by atoms with E-state index in [4.69, 9.17) is 27.4 Å². The highest BCUT2D eigenvalue weighted by molar-refractivity contribution is 7.80. The van der Waals surface area contributed by atoms with Crippen LogP contribution >= 0.6 is 12.2 Å². The molecule has 0 heterocycles. The number of carbonyl (C=O) groups is 1. The van der Waals surface area contributed by atoms with Gasteiger partial charge in [-0.1, -0.05) is 12.2 Å². The van der Waals surface area contributed by atoms with Crippen LogP contribution in [0.4, 0.5) is 0 Å². The topological polar surface area (TPSA) is 61.5 Å². The fourth-order valence-corrected chi connectivity index (χ4v) is 1.49. The molecule has 5 heteroatoms. The van der Waals surface area contributed by atoms with Crippen LogP contribution in [0.15, 0.2) is 18.2 Å². The minimum Gasteiger partial charge on any atom is -0.493 e. The van der Waals surface area contributed by atoms with Crippen molar-refractivity contribution in [3.8, 4) is 11.5 Å². The summed E-state index contributed by atoms with van der Waals surface area (Å²) in [5.41, 5.74) is 5.92. The van der Waals surface area contributed by atoms with Crippen molar-refractivity contribution in [2.45, 2.75) is 12.8 Å². The average molecular weight is 253 g/mol. The number of nitrogens with two attached hydrogens (primary N) is 1. The molecule has 4 nitrogen and oxygen atoms in total. The van der Waals surface area contributed by atoms with E-state index in [0.29, 0.717) is 34.9 Å². The van der Waals surface area contributed by atoms with Gasteiger partial charge < -0.3 is 15.2 Å². The van der Waals surface area contributed by atoms with Gasteiger partial charge in [0.15, 0.2) is 17.3 Å². The Morgan fingerprint density at radius 3 is 2.41 bits per heavy atom. The van der Waals surface area contributed by atoms with Crippen LogP contribution in [-0.2, 0) is 0 Å². The molecule has 0 atom stereocenters. The molecule has 0 fully saturated rings. The minimum absolute atomic E-state index is 0.0150. The highest BCUT2D eigenvalue weighted by Crippen LogP contribution is 2.28. The molecule has 1 rings (SSSR count). The highest BCUT2D eigenvalue weighted by atomic mass is 32.1. The van der Waals surface area contributed by atoms with Gasteiger partial charge in [-0.25, -0.2) is 0 Å². The first-order chi connectivity index (χ1) is 8.08. The van der Waals surface area contributed by atoms with Gasteiger partial charge in [0.1, 0.15) is 0 Å². The molecule has 0 aromatic heterocycles. The van der Waals surface area contributed by atoms with Crippen LogP contribution in [0.5, 0.6) is 11.5 Å². The lowest BCUT2D eigenvalue weighted by molar-refractivity contribution is 0.0984. The van der Waals surface area contributed by atoms with Crippen molar-refractivity contribution >= 4 is 23.0 Å². The number of ether oxygens (including phenoxy) is 2. The molecule has 0 radical (unpaired) electrons. The van der Waals surface area contributed by atoms with Crippen molar-refractivity contribution in [3.63, 3.8) is 0 Å². The summed E-state index contributed by atoms with van der Waals surface area (Å²) >= 11 is 4.73. The lowest BCUT2D eigenvalue weighted by atomic mass is 10.1. The van der Waals surface area contributed by atoms with E-state index in [9.17, 15) is 4.79 Å². The normalized spacial score (nSPS) is 9.76. The van der Waals surface area contributed by atoms with Gasteiger partial charge in [0.25, 0.3) is 0 Å². The number of thiocarbonyl (C=S) groups is 1. The van der Waals surface area contributed by atoms with Crippen LogP contribution in [0.25, 0.3) is 0 Å². The van der Waals surface area contributed by atoms with Crippen molar-refractivity contribution in [3.05, 3.63) is 23.8 Å². The van der Waals surface area contributed by atoms with E-state index in [1.165, 1.54) is 7.11 Å². The molecule has 0 unspecified atom stereocenters. The Morgan fingerprint density at radius 1 is 1.24 bits per heavy atom. The van der Waals surface area contributed by atoms with Gasteiger partial charge >= 0.3 is 0 Å². The molecule has 17 heavy (non-hydrogen) atoms. The molecule has 0 aliphatic carbocycles. The molecule has 2 N–H and O–H groups in total. The van der Waals surface area contributed by atoms with Crippen molar-refractivity contribution in [1.29, 1.82) is 0 Å². The summed E-state index contributed by atoms with van der Waals surface area (Å²) in [6.07, 6.45) is 0.729. The predicted octanol–water partition coefficient (Wildman–Crippen LogP) is 1.95. The van der Waals surface area contributed by atoms with Crippen LogP contribution < -0.4 is 15.2 Å². The van der Waals surface area contributed by atoms with Gasteiger partial charge in [-0.05, 0) is 18.2 Å². The van der Waals surface area contributed by atoms with E-state index >= 15 is 0 Å². The second-order valence-electron chi connectivity index (χ2n) is 3.46. The van der Waals surface area contributed by atoms with Crippen molar-refractivity contribution < 1.29 is 14.3 Å². The maximum Gasteiger partial charge on any atom is 0.163 e. The maximum atomic E-state index is 11.8. The first kappa shape index (κ1) is 13.4. The zero-order chi connectivity index (χ0) is 12.8. The van der Waals surface area contributed by atoms with Crippen molar-refractivity contribution in [1.82, 2.24) is 0 Å². The number of ketones is 1. The second kappa shape index (κ2) is 6.20. The first-order valence-corrected chi connectivity index (χ1v) is 5.53. The summed E-state index contributed by atoms with van der Waals surface area (Å²) in [7, 11) is 3.08. The number of benzene rings is 1. The number of methoxy groups -OCH3 is 2. The Morgan fingerprint density at radius 2 is 1.88 bits per heavy atom. The Balaban J connectivity index is 2.84. The van der Waals surface area contributed by atoms with Crippen molar-refractivity contribution in [2.75, 3.05) is 14.2 Å². The molecule has 0 bridgehead atoms. The molecule has 92 valence electrons. The van der Waals surface area contributed by atoms with E-state index in [1.54, 1.807) is 25.3 Å². The van der Waals surface area contributed by atoms with E-state index in [-0.39, 0.29) is 5.78 Å². The zero-order valence-corrected chi connectivity index (χ0v) is 10.7. The highest BCUT2D eigenvalue weighted by Gasteiger charge is 2.10. The summed E-state index contributed by atoms with van der Waals surface area (Å²) in [6, 6.07) is 5.05. The Bertz CT molecular complexity index is 432. The molecule has 1 aromatic carbocycles. The third kappa shape index (κ3) is 3.71. The van der Waals surface area contributed by atoms with Gasteiger partial charge in [0, 0.05) is 18.4 Å². The lowest BCUT2D eigenvalue weighted by Crippen LogP contribution is -2.10. The minimum atomic E-state index is -0.0150. The Kier molecular flexibility index (Phi) is 4.90. The molecular formula is C12H15NO3S. The van der Waals surface area contributed by atoms with E-state index < -0.39 is 0 Å². The van der Waals surface area contributed by atoms with Crippen LogP contribution in [0.3, 0.4) is 0 Å². The number of rotatable bonds is 6. The van der Waals surface area contributed by atoms with Gasteiger partial charge in [-0.3, -0.25) is 4.79 Å². The lowest BCUT2D eigenvalue weighted by Gasteiger charge is -2.08. The molecule has 0 aliphatic heterocycles. The number of hydrogen-bond donors (Lipinski definition) is 1. The molecule has 0 saturated heterocycles. The first-order valence-electron chi connectivity index (χ1n) is 5.12. The molecule has 0 saturated carbocycles. The Labute approximate surface area is 106 Å². The second-order valence-corrected chi connectivity index (χ2v) is 3.98. The smallest absolute Gasteiger partial charge is 0.163 e. The summed E-state index contributed by atoms with van der Waals surface area (Å²) in [5.74, 6) is 1.12.